The van der Waals surface area contributed by atoms with Crippen LogP contribution in [-0.2, 0) is 14.3 Å². The molecule has 1 aromatic rings. The fourth-order valence-corrected chi connectivity index (χ4v) is 1.08. The van der Waals surface area contributed by atoms with Gasteiger partial charge >= 0.3 is 5.97 Å². The number of amides is 2. The van der Waals surface area contributed by atoms with Crippen LogP contribution in [0.1, 0.15) is 17.3 Å². The maximum atomic E-state index is 11.5. The summed E-state index contributed by atoms with van der Waals surface area (Å²) < 4.78 is 4.60. The molecule has 1 rings (SSSR count). The van der Waals surface area contributed by atoms with Crippen molar-refractivity contribution in [2.75, 3.05) is 6.61 Å². The molecule has 0 bridgehead atoms. The van der Waals surface area contributed by atoms with E-state index >= 15 is 0 Å². The number of carbonyl (C=O) groups is 3. The second-order valence-electron chi connectivity index (χ2n) is 3.60. The Morgan fingerprint density at radius 3 is 2.39 bits per heavy atom. The second-order valence-corrected chi connectivity index (χ2v) is 3.60. The van der Waals surface area contributed by atoms with Gasteiger partial charge in [0, 0.05) is 11.1 Å². The monoisotopic (exact) mass is 247 g/mol. The first-order valence-corrected chi connectivity index (χ1v) is 5.22. The molecule has 0 saturated carbocycles. The van der Waals surface area contributed by atoms with Crippen LogP contribution in [0, 0.1) is 0 Å². The Morgan fingerprint density at radius 1 is 1.22 bits per heavy atom. The molecule has 0 unspecified atom stereocenters. The van der Waals surface area contributed by atoms with Crippen LogP contribution in [0.25, 0.3) is 0 Å². The molecule has 0 heterocycles. The summed E-state index contributed by atoms with van der Waals surface area (Å²) in [6.07, 6.45) is 0. The van der Waals surface area contributed by atoms with Crippen LogP contribution >= 0.6 is 0 Å². The molecule has 0 aliphatic carbocycles. The van der Waals surface area contributed by atoms with Crippen LogP contribution in [0.4, 0.5) is 0 Å². The van der Waals surface area contributed by atoms with Crippen molar-refractivity contribution in [2.24, 2.45) is 0 Å². The van der Waals surface area contributed by atoms with Gasteiger partial charge in [0.05, 0.1) is 0 Å². The predicted octanol–water partition coefficient (Wildman–Crippen LogP) is 1.06. The lowest BCUT2D eigenvalue weighted by atomic mass is 10.2. The van der Waals surface area contributed by atoms with Gasteiger partial charge in [-0.1, -0.05) is 24.8 Å². The van der Waals surface area contributed by atoms with Crippen molar-refractivity contribution in [2.45, 2.75) is 6.92 Å². The third-order valence-electron chi connectivity index (χ3n) is 1.97. The Kier molecular flexibility index (Phi) is 4.80. The minimum Gasteiger partial charge on any atom is -0.452 e. The third kappa shape index (κ3) is 4.21. The molecular weight excluding hydrogens is 234 g/mol. The zero-order valence-corrected chi connectivity index (χ0v) is 9.93. The van der Waals surface area contributed by atoms with E-state index in [2.05, 4.69) is 16.6 Å². The van der Waals surface area contributed by atoms with Gasteiger partial charge in [-0.15, -0.1) is 0 Å². The molecule has 18 heavy (non-hydrogen) atoms. The summed E-state index contributed by atoms with van der Waals surface area (Å²) >= 11 is 0. The number of rotatable bonds is 4. The van der Waals surface area contributed by atoms with Crippen LogP contribution in [0.3, 0.4) is 0 Å². The topological polar surface area (TPSA) is 72.5 Å². The fourth-order valence-electron chi connectivity index (χ4n) is 1.08. The molecule has 0 spiro atoms. The van der Waals surface area contributed by atoms with Crippen LogP contribution in [0.15, 0.2) is 42.5 Å². The smallest absolute Gasteiger partial charge is 0.333 e. The first kappa shape index (κ1) is 13.6. The van der Waals surface area contributed by atoms with Gasteiger partial charge in [0.1, 0.15) is 0 Å². The van der Waals surface area contributed by atoms with Crippen molar-refractivity contribution in [3.63, 3.8) is 0 Å². The van der Waals surface area contributed by atoms with Gasteiger partial charge < -0.3 is 4.74 Å². The zero-order valence-electron chi connectivity index (χ0n) is 9.93. The van der Waals surface area contributed by atoms with E-state index < -0.39 is 24.4 Å². The van der Waals surface area contributed by atoms with Crippen molar-refractivity contribution in [3.05, 3.63) is 48.0 Å². The van der Waals surface area contributed by atoms with E-state index in [9.17, 15) is 14.4 Å². The molecule has 5 heteroatoms. The molecule has 1 N–H and O–H groups in total. The number of ether oxygens (including phenoxy) is 1. The first-order chi connectivity index (χ1) is 8.50. The van der Waals surface area contributed by atoms with Gasteiger partial charge in [0.2, 0.25) is 0 Å². The summed E-state index contributed by atoms with van der Waals surface area (Å²) in [4.78, 5) is 33.9. The summed E-state index contributed by atoms with van der Waals surface area (Å²) in [6, 6.07) is 8.26. The molecule has 2 amide bonds. The normalized spacial score (nSPS) is 9.39. The number of hydrogen-bond donors (Lipinski definition) is 1. The van der Waals surface area contributed by atoms with E-state index in [1.165, 1.54) is 6.92 Å². The standard InChI is InChI=1S/C13H13NO4/c1-9(2)13(17)18-8-11(15)14-12(16)10-6-4-3-5-7-10/h3-7H,1,8H2,2H3,(H,14,15,16). The minimum atomic E-state index is -0.682. The summed E-state index contributed by atoms with van der Waals surface area (Å²) in [5, 5.41) is 2.11. The van der Waals surface area contributed by atoms with E-state index in [0.717, 1.165) is 0 Å². The van der Waals surface area contributed by atoms with Gasteiger partial charge in [0.25, 0.3) is 11.8 Å². The van der Waals surface area contributed by atoms with E-state index in [1.807, 2.05) is 0 Å². The van der Waals surface area contributed by atoms with Crippen molar-refractivity contribution in [1.82, 2.24) is 5.32 Å². The molecule has 94 valence electrons. The van der Waals surface area contributed by atoms with Crippen LogP contribution in [-0.4, -0.2) is 24.4 Å². The molecule has 1 aromatic carbocycles. The largest absolute Gasteiger partial charge is 0.452 e. The fraction of sp³-hybridized carbons (Fsp3) is 0.154. The summed E-state index contributed by atoms with van der Waals surface area (Å²) in [7, 11) is 0. The average Bonchev–Trinajstić information content (AvgIpc) is 2.36. The number of imide groups is 1. The maximum Gasteiger partial charge on any atom is 0.333 e. The van der Waals surface area contributed by atoms with Crippen molar-refractivity contribution in [1.29, 1.82) is 0 Å². The maximum absolute atomic E-state index is 11.5. The highest BCUT2D eigenvalue weighted by Crippen LogP contribution is 1.98. The number of carbonyl (C=O) groups excluding carboxylic acids is 3. The van der Waals surface area contributed by atoms with E-state index in [1.54, 1.807) is 30.3 Å². The first-order valence-electron chi connectivity index (χ1n) is 5.22. The van der Waals surface area contributed by atoms with Gasteiger partial charge in [-0.05, 0) is 19.1 Å². The molecule has 0 aliphatic rings. The summed E-state index contributed by atoms with van der Waals surface area (Å²) in [6.45, 7) is 4.33. The molecule has 0 atom stereocenters. The molecular formula is C13H13NO4. The Bertz CT molecular complexity index is 479. The summed E-state index contributed by atoms with van der Waals surface area (Å²) in [5.74, 6) is -1.89. The van der Waals surface area contributed by atoms with Crippen molar-refractivity contribution >= 4 is 17.8 Å². The molecule has 0 fully saturated rings. The second kappa shape index (κ2) is 6.34. The molecule has 0 radical (unpaired) electrons. The quantitative estimate of drug-likeness (QED) is 0.638. The van der Waals surface area contributed by atoms with Gasteiger partial charge in [0.15, 0.2) is 6.61 Å². The SMILES string of the molecule is C=C(C)C(=O)OCC(=O)NC(=O)c1ccccc1. The van der Waals surface area contributed by atoms with E-state index in [0.29, 0.717) is 5.56 Å². The van der Waals surface area contributed by atoms with Crippen LogP contribution in [0.2, 0.25) is 0 Å². The van der Waals surface area contributed by atoms with Crippen molar-refractivity contribution in [3.8, 4) is 0 Å². The molecule has 0 saturated heterocycles. The number of nitrogens with one attached hydrogen (secondary N) is 1. The summed E-state index contributed by atoms with van der Waals surface area (Å²) in [5.41, 5.74) is 0.550. The highest BCUT2D eigenvalue weighted by Gasteiger charge is 2.12. The lowest BCUT2D eigenvalue weighted by Gasteiger charge is -2.05. The lowest BCUT2D eigenvalue weighted by Crippen LogP contribution is -2.34. The van der Waals surface area contributed by atoms with Crippen molar-refractivity contribution < 1.29 is 19.1 Å². The predicted molar refractivity (Wildman–Crippen MR) is 64.7 cm³/mol. The third-order valence-corrected chi connectivity index (χ3v) is 1.97. The van der Waals surface area contributed by atoms with Gasteiger partial charge in [-0.3, -0.25) is 14.9 Å². The molecule has 0 aromatic heterocycles. The highest BCUT2D eigenvalue weighted by atomic mass is 16.5. The Balaban J connectivity index is 2.44. The Labute approximate surface area is 104 Å². The van der Waals surface area contributed by atoms with Gasteiger partial charge in [-0.2, -0.15) is 0 Å². The van der Waals surface area contributed by atoms with E-state index in [4.69, 9.17) is 0 Å². The van der Waals surface area contributed by atoms with Crippen LogP contribution in [0.5, 0.6) is 0 Å². The van der Waals surface area contributed by atoms with Gasteiger partial charge in [-0.25, -0.2) is 4.79 Å². The highest BCUT2D eigenvalue weighted by molar-refractivity contribution is 6.05. The van der Waals surface area contributed by atoms with E-state index in [-0.39, 0.29) is 5.57 Å². The number of benzene rings is 1. The Morgan fingerprint density at radius 2 is 1.83 bits per heavy atom. The Hall–Kier alpha value is -2.43. The molecule has 0 aliphatic heterocycles. The lowest BCUT2D eigenvalue weighted by molar-refractivity contribution is -0.144. The number of hydrogen-bond acceptors (Lipinski definition) is 4. The zero-order chi connectivity index (χ0) is 13.5. The average molecular weight is 247 g/mol. The molecule has 5 nitrogen and oxygen atoms in total. The minimum absolute atomic E-state index is 0.192. The van der Waals surface area contributed by atoms with Crippen LogP contribution < -0.4 is 5.32 Å². The number of esters is 1.